The fraction of sp³-hybridized carbons (Fsp3) is 0.143. The summed E-state index contributed by atoms with van der Waals surface area (Å²) in [6, 6.07) is 16.4. The van der Waals surface area contributed by atoms with Gasteiger partial charge in [-0.3, -0.25) is 4.72 Å². The molecule has 1 N–H and O–H groups in total. The van der Waals surface area contributed by atoms with Crippen LogP contribution in [0.3, 0.4) is 0 Å². The Kier molecular flexibility index (Phi) is 4.61. The van der Waals surface area contributed by atoms with Crippen molar-refractivity contribution >= 4 is 31.6 Å². The molecule has 0 aliphatic carbocycles. The van der Waals surface area contributed by atoms with Gasteiger partial charge in [-0.2, -0.15) is 0 Å². The third-order valence-electron chi connectivity index (χ3n) is 2.58. The van der Waals surface area contributed by atoms with Crippen LogP contribution in [0.25, 0.3) is 0 Å². The second kappa shape index (κ2) is 6.21. The maximum Gasteiger partial charge on any atom is 0.236 e. The molecule has 0 spiro atoms. The van der Waals surface area contributed by atoms with E-state index in [1.54, 1.807) is 24.3 Å². The topological polar surface area (TPSA) is 46.2 Å². The second-order valence-corrected chi connectivity index (χ2v) is 6.46. The maximum absolute atomic E-state index is 12.0. The smallest absolute Gasteiger partial charge is 0.236 e. The molecule has 2 aromatic rings. The van der Waals surface area contributed by atoms with Gasteiger partial charge >= 0.3 is 0 Å². The van der Waals surface area contributed by atoms with E-state index in [9.17, 15) is 8.42 Å². The number of rotatable bonds is 5. The fourth-order valence-electron chi connectivity index (χ4n) is 1.67. The minimum Gasteiger partial charge on any atom is -0.283 e. The Morgan fingerprint density at radius 1 is 0.895 bits per heavy atom. The molecule has 3 nitrogen and oxygen atoms in total. The third kappa shape index (κ3) is 4.36. The molecule has 0 saturated heterocycles. The molecule has 0 atom stereocenters. The number of hydrogen-bond donors (Lipinski definition) is 1. The van der Waals surface area contributed by atoms with Gasteiger partial charge in [0.1, 0.15) is 0 Å². The third-order valence-corrected chi connectivity index (χ3v) is 4.49. The molecule has 2 rings (SSSR count). The van der Waals surface area contributed by atoms with Crippen LogP contribution in [0.15, 0.2) is 54.6 Å². The average molecular weight is 340 g/mol. The normalized spacial score (nSPS) is 11.2. The number of alkyl halides is 1. The van der Waals surface area contributed by atoms with Gasteiger partial charge in [-0.1, -0.05) is 58.4 Å². The van der Waals surface area contributed by atoms with E-state index >= 15 is 0 Å². The van der Waals surface area contributed by atoms with E-state index in [1.807, 2.05) is 30.3 Å². The quantitative estimate of drug-likeness (QED) is 0.847. The molecular formula is C14H14BrNO2S. The van der Waals surface area contributed by atoms with Crippen LogP contribution < -0.4 is 4.72 Å². The summed E-state index contributed by atoms with van der Waals surface area (Å²) in [5.41, 5.74) is 2.46. The van der Waals surface area contributed by atoms with Crippen molar-refractivity contribution in [3.63, 3.8) is 0 Å². The summed E-state index contributed by atoms with van der Waals surface area (Å²) >= 11 is 3.35. The first-order valence-electron chi connectivity index (χ1n) is 5.78. The molecule has 0 unspecified atom stereocenters. The summed E-state index contributed by atoms with van der Waals surface area (Å²) in [6.45, 7) is 0. The number of anilines is 1. The van der Waals surface area contributed by atoms with Crippen LogP contribution in [0.1, 0.15) is 11.1 Å². The molecule has 19 heavy (non-hydrogen) atoms. The molecule has 0 saturated carbocycles. The number of hydrogen-bond acceptors (Lipinski definition) is 2. The lowest BCUT2D eigenvalue weighted by molar-refractivity contribution is 0.600. The predicted molar refractivity (Wildman–Crippen MR) is 81.8 cm³/mol. The van der Waals surface area contributed by atoms with Gasteiger partial charge in [0.25, 0.3) is 0 Å². The molecule has 0 bridgehead atoms. The monoisotopic (exact) mass is 339 g/mol. The standard InChI is InChI=1S/C14H14BrNO2S/c15-10-12-6-8-14(9-7-12)16-19(17,18)11-13-4-2-1-3-5-13/h1-9,16H,10-11H2. The summed E-state index contributed by atoms with van der Waals surface area (Å²) in [5, 5.41) is 0.754. The van der Waals surface area contributed by atoms with Crippen LogP contribution in [0.4, 0.5) is 5.69 Å². The summed E-state index contributed by atoms with van der Waals surface area (Å²) in [6.07, 6.45) is 0. The van der Waals surface area contributed by atoms with Crippen molar-refractivity contribution < 1.29 is 8.42 Å². The van der Waals surface area contributed by atoms with Crippen LogP contribution in [-0.2, 0) is 21.1 Å². The van der Waals surface area contributed by atoms with E-state index in [1.165, 1.54) is 0 Å². The Morgan fingerprint density at radius 2 is 1.53 bits per heavy atom. The minimum atomic E-state index is -3.37. The Balaban J connectivity index is 2.08. The van der Waals surface area contributed by atoms with Crippen molar-refractivity contribution in [2.24, 2.45) is 0 Å². The van der Waals surface area contributed by atoms with Gasteiger partial charge in [-0.25, -0.2) is 8.42 Å². The highest BCUT2D eigenvalue weighted by Crippen LogP contribution is 2.15. The first-order valence-corrected chi connectivity index (χ1v) is 8.56. The number of sulfonamides is 1. The van der Waals surface area contributed by atoms with Gasteiger partial charge in [-0.15, -0.1) is 0 Å². The summed E-state index contributed by atoms with van der Waals surface area (Å²) < 4.78 is 26.6. The summed E-state index contributed by atoms with van der Waals surface area (Å²) in [5.74, 6) is -0.0198. The van der Waals surface area contributed by atoms with Crippen molar-refractivity contribution in [2.75, 3.05) is 4.72 Å². The molecule has 0 amide bonds. The highest BCUT2D eigenvalue weighted by Gasteiger charge is 2.11. The van der Waals surface area contributed by atoms with Crippen LogP contribution in [0, 0.1) is 0 Å². The molecule has 0 aromatic heterocycles. The number of benzene rings is 2. The van der Waals surface area contributed by atoms with E-state index in [4.69, 9.17) is 0 Å². The Hall–Kier alpha value is -1.33. The highest BCUT2D eigenvalue weighted by atomic mass is 79.9. The first kappa shape index (κ1) is 14.1. The molecule has 100 valence electrons. The van der Waals surface area contributed by atoms with Gasteiger partial charge in [0.2, 0.25) is 10.0 Å². The molecule has 0 fully saturated rings. The number of nitrogens with one attached hydrogen (secondary N) is 1. The van der Waals surface area contributed by atoms with Gasteiger partial charge < -0.3 is 0 Å². The summed E-state index contributed by atoms with van der Waals surface area (Å²) in [4.78, 5) is 0. The van der Waals surface area contributed by atoms with Crippen LogP contribution >= 0.6 is 15.9 Å². The predicted octanol–water partition coefficient (Wildman–Crippen LogP) is 3.52. The van der Waals surface area contributed by atoms with Gasteiger partial charge in [-0.05, 0) is 23.3 Å². The van der Waals surface area contributed by atoms with E-state index in [-0.39, 0.29) is 5.75 Å². The zero-order chi connectivity index (χ0) is 13.7. The van der Waals surface area contributed by atoms with Gasteiger partial charge in [0, 0.05) is 11.0 Å². The Labute approximate surface area is 121 Å². The molecule has 0 aliphatic heterocycles. The van der Waals surface area contributed by atoms with Crippen molar-refractivity contribution in [2.45, 2.75) is 11.1 Å². The lowest BCUT2D eigenvalue weighted by Crippen LogP contribution is -2.14. The van der Waals surface area contributed by atoms with Crippen LogP contribution in [-0.4, -0.2) is 8.42 Å². The van der Waals surface area contributed by atoms with E-state index in [0.29, 0.717) is 5.69 Å². The van der Waals surface area contributed by atoms with Crippen molar-refractivity contribution in [1.29, 1.82) is 0 Å². The number of halogens is 1. The second-order valence-electron chi connectivity index (χ2n) is 4.18. The molecule has 0 aliphatic rings. The molecule has 5 heteroatoms. The maximum atomic E-state index is 12.0. The van der Waals surface area contributed by atoms with E-state index in [0.717, 1.165) is 16.5 Å². The fourth-order valence-corrected chi connectivity index (χ4v) is 3.24. The van der Waals surface area contributed by atoms with Crippen molar-refractivity contribution in [1.82, 2.24) is 0 Å². The first-order chi connectivity index (χ1) is 9.09. The van der Waals surface area contributed by atoms with Crippen LogP contribution in [0.5, 0.6) is 0 Å². The van der Waals surface area contributed by atoms with Gasteiger partial charge in [0.05, 0.1) is 5.75 Å². The zero-order valence-corrected chi connectivity index (χ0v) is 12.6. The zero-order valence-electron chi connectivity index (χ0n) is 10.2. The largest absolute Gasteiger partial charge is 0.283 e. The average Bonchev–Trinajstić information content (AvgIpc) is 2.39. The van der Waals surface area contributed by atoms with Crippen molar-refractivity contribution in [3.05, 3.63) is 65.7 Å². The van der Waals surface area contributed by atoms with Crippen LogP contribution in [0.2, 0.25) is 0 Å². The summed E-state index contributed by atoms with van der Waals surface area (Å²) in [7, 11) is -3.37. The minimum absolute atomic E-state index is 0.0198. The molecule has 0 heterocycles. The lowest BCUT2D eigenvalue weighted by atomic mass is 10.2. The van der Waals surface area contributed by atoms with Gasteiger partial charge in [0.15, 0.2) is 0 Å². The van der Waals surface area contributed by atoms with Crippen molar-refractivity contribution in [3.8, 4) is 0 Å². The Bertz CT molecular complexity index is 624. The lowest BCUT2D eigenvalue weighted by Gasteiger charge is -2.08. The highest BCUT2D eigenvalue weighted by molar-refractivity contribution is 9.08. The Morgan fingerprint density at radius 3 is 2.11 bits per heavy atom. The molecule has 2 aromatic carbocycles. The SMILES string of the molecule is O=S(=O)(Cc1ccccc1)Nc1ccc(CBr)cc1. The van der Waals surface area contributed by atoms with E-state index < -0.39 is 10.0 Å². The van der Waals surface area contributed by atoms with E-state index in [2.05, 4.69) is 20.7 Å². The molecule has 0 radical (unpaired) electrons. The molecular weight excluding hydrogens is 326 g/mol.